The summed E-state index contributed by atoms with van der Waals surface area (Å²) in [6.45, 7) is 5.55. The number of pyridine rings is 1. The number of hydrogen-bond donors (Lipinski definition) is 4. The lowest BCUT2D eigenvalue weighted by Gasteiger charge is -2.30. The lowest BCUT2D eigenvalue weighted by molar-refractivity contribution is -0.135. The number of nitrogens with one attached hydrogen (secondary N) is 4. The molecule has 65 heavy (non-hydrogen) atoms. The molecule has 4 aliphatic rings. The summed E-state index contributed by atoms with van der Waals surface area (Å²) in [4.78, 5) is 77.8. The van der Waals surface area contributed by atoms with Crippen LogP contribution < -0.4 is 20.1 Å². The molecule has 4 atom stereocenters. The lowest BCUT2D eigenvalue weighted by Crippen LogP contribution is -2.51. The summed E-state index contributed by atoms with van der Waals surface area (Å²) >= 11 is 0. The average Bonchev–Trinajstić information content (AvgIpc) is 4.19. The number of rotatable bonds is 11. The van der Waals surface area contributed by atoms with Crippen molar-refractivity contribution >= 4 is 23.8 Å². The van der Waals surface area contributed by atoms with Crippen LogP contribution >= 0.6 is 0 Å². The highest BCUT2D eigenvalue weighted by Gasteiger charge is 2.39. The number of ether oxygens (including phenoxy) is 3. The van der Waals surface area contributed by atoms with Crippen LogP contribution in [0.15, 0.2) is 91.4 Å². The van der Waals surface area contributed by atoms with E-state index < -0.39 is 24.1 Å². The number of amides is 4. The molecule has 2 saturated heterocycles. The van der Waals surface area contributed by atoms with Crippen LogP contribution in [0.25, 0.3) is 33.6 Å². The Labute approximate surface area is 375 Å². The SMILES string of the molecule is COC(=O)N[C@H](C(=O)N1CCC[C@H]1c1ncc(-c2cc3c4c(c2)OCc2cc(-c5cnc([C@@H]6CCCN6C(=O)[C@H](NC(=O)c6ccccn6)c6ccccc6)[nH]5)cc(c2-4)OC3)[nH]1)C(C)C. The highest BCUT2D eigenvalue weighted by Crippen LogP contribution is 2.51. The van der Waals surface area contributed by atoms with E-state index in [0.717, 1.165) is 82.0 Å². The summed E-state index contributed by atoms with van der Waals surface area (Å²) in [6.07, 6.45) is 7.57. The lowest BCUT2D eigenvalue weighted by atomic mass is 9.87. The summed E-state index contributed by atoms with van der Waals surface area (Å²) < 4.78 is 17.7. The molecule has 10 rings (SSSR count). The zero-order valence-corrected chi connectivity index (χ0v) is 36.3. The number of H-pyrrole nitrogens is 2. The monoisotopic (exact) mass is 875 g/mol. The van der Waals surface area contributed by atoms with E-state index in [4.69, 9.17) is 24.2 Å². The van der Waals surface area contributed by atoms with Gasteiger partial charge in [-0.1, -0.05) is 50.2 Å². The van der Waals surface area contributed by atoms with Crippen LogP contribution in [-0.4, -0.2) is 84.8 Å². The number of hydrogen-bond acceptors (Lipinski definition) is 10. The number of imidazole rings is 2. The molecule has 0 unspecified atom stereocenters. The van der Waals surface area contributed by atoms with E-state index >= 15 is 0 Å². The van der Waals surface area contributed by atoms with Crippen molar-refractivity contribution < 1.29 is 33.4 Å². The van der Waals surface area contributed by atoms with E-state index in [0.29, 0.717) is 43.5 Å². The number of methoxy groups -OCH3 is 1. The maximum absolute atomic E-state index is 14.4. The molecular weight excluding hydrogens is 827 g/mol. The molecule has 16 heteroatoms. The maximum Gasteiger partial charge on any atom is 0.407 e. The molecule has 0 spiro atoms. The predicted octanol–water partition coefficient (Wildman–Crippen LogP) is 7.19. The van der Waals surface area contributed by atoms with Crippen molar-refractivity contribution in [3.8, 4) is 45.1 Å². The molecule has 3 aromatic carbocycles. The molecule has 2 fully saturated rings. The molecule has 7 heterocycles. The van der Waals surface area contributed by atoms with Gasteiger partial charge in [-0.3, -0.25) is 19.4 Å². The van der Waals surface area contributed by atoms with E-state index in [2.05, 4.69) is 37.7 Å². The quantitative estimate of drug-likeness (QED) is 0.103. The number of nitrogens with zero attached hydrogens (tertiary/aromatic N) is 5. The second kappa shape index (κ2) is 17.2. The Morgan fingerprint density at radius 1 is 0.723 bits per heavy atom. The number of carbonyl (C=O) groups is 4. The van der Waals surface area contributed by atoms with E-state index in [1.807, 2.05) is 61.2 Å². The first-order valence-electron chi connectivity index (χ1n) is 22.1. The fourth-order valence-corrected chi connectivity index (χ4v) is 9.61. The van der Waals surface area contributed by atoms with Crippen molar-refractivity contribution in [1.82, 2.24) is 45.4 Å². The van der Waals surface area contributed by atoms with E-state index in [1.165, 1.54) is 7.11 Å². The fraction of sp³-hybridized carbons (Fsp3) is 0.327. The van der Waals surface area contributed by atoms with Crippen LogP contribution in [0.3, 0.4) is 0 Å². The Bertz CT molecular complexity index is 2740. The van der Waals surface area contributed by atoms with Gasteiger partial charge in [0.15, 0.2) is 0 Å². The molecule has 0 saturated carbocycles. The average molecular weight is 876 g/mol. The molecule has 0 aliphatic carbocycles. The topological polar surface area (TPSA) is 197 Å². The van der Waals surface area contributed by atoms with Gasteiger partial charge in [-0.15, -0.1) is 0 Å². The van der Waals surface area contributed by atoms with Gasteiger partial charge in [-0.2, -0.15) is 0 Å². The van der Waals surface area contributed by atoms with Gasteiger partial charge in [-0.25, -0.2) is 14.8 Å². The van der Waals surface area contributed by atoms with Crippen LogP contribution in [-0.2, 0) is 27.5 Å². The van der Waals surface area contributed by atoms with Crippen LogP contribution in [0, 0.1) is 5.92 Å². The van der Waals surface area contributed by atoms with E-state index in [9.17, 15) is 19.2 Å². The molecule has 4 aliphatic heterocycles. The zero-order chi connectivity index (χ0) is 44.8. The molecular formula is C49H49N9O7. The minimum absolute atomic E-state index is 0.131. The normalized spacial score (nSPS) is 18.0. The highest BCUT2D eigenvalue weighted by molar-refractivity contribution is 5.96. The second-order valence-corrected chi connectivity index (χ2v) is 17.2. The van der Waals surface area contributed by atoms with Crippen molar-refractivity contribution in [2.75, 3.05) is 20.2 Å². The molecule has 0 bridgehead atoms. The number of alkyl carbamates (subject to hydrolysis) is 1. The molecule has 16 nitrogen and oxygen atoms in total. The Balaban J connectivity index is 0.874. The maximum atomic E-state index is 14.4. The first-order valence-corrected chi connectivity index (χ1v) is 22.1. The number of aromatic nitrogens is 5. The van der Waals surface area contributed by atoms with E-state index in [-0.39, 0.29) is 35.5 Å². The standard InChI is InChI=1S/C49H49N9O7/c1-27(2)42(56-49(62)63-3)47(60)57-17-9-14-36(57)44-51-23-34(53-44)29-19-31-25-65-39-22-30(20-32-26-64-38(21-29)40(31)41(32)39)35-24-52-45(54-35)37-15-10-18-58(37)48(61)43(28-11-5-4-6-12-28)55-46(59)33-13-7-8-16-50-33/h4-8,11-13,16,19-24,27,36-37,42-43H,9-10,14-15,17-18,25-26H2,1-3H3,(H,51,53)(H,52,54)(H,55,59)(H,56,62)/t36-,37-,42-,43+/m0/s1. The third kappa shape index (κ3) is 7.82. The molecule has 6 aromatic rings. The smallest absolute Gasteiger partial charge is 0.407 e. The first-order chi connectivity index (χ1) is 31.6. The van der Waals surface area contributed by atoms with Gasteiger partial charge < -0.3 is 44.6 Å². The first kappa shape index (κ1) is 41.5. The summed E-state index contributed by atoms with van der Waals surface area (Å²) in [6, 6.07) is 20.4. The van der Waals surface area contributed by atoms with Crippen LogP contribution in [0.4, 0.5) is 4.79 Å². The second-order valence-electron chi connectivity index (χ2n) is 17.2. The summed E-state index contributed by atoms with van der Waals surface area (Å²) in [7, 11) is 1.29. The number of aromatic amines is 2. The van der Waals surface area contributed by atoms with Gasteiger partial charge in [0.25, 0.3) is 5.91 Å². The fourth-order valence-electron chi connectivity index (χ4n) is 9.61. The number of likely N-dealkylation sites (tertiary alicyclic amines) is 2. The third-order valence-electron chi connectivity index (χ3n) is 12.8. The van der Waals surface area contributed by atoms with Crippen LogP contribution in [0.5, 0.6) is 11.5 Å². The van der Waals surface area contributed by atoms with Gasteiger partial charge in [0.2, 0.25) is 11.8 Å². The number of benzene rings is 3. The molecule has 3 aromatic heterocycles. The Morgan fingerprint density at radius 2 is 1.29 bits per heavy atom. The Morgan fingerprint density at radius 3 is 1.83 bits per heavy atom. The van der Waals surface area contributed by atoms with Gasteiger partial charge in [0, 0.05) is 52.7 Å². The largest absolute Gasteiger partial charge is 0.488 e. The van der Waals surface area contributed by atoms with E-state index in [1.54, 1.807) is 41.7 Å². The molecule has 332 valence electrons. The zero-order valence-electron chi connectivity index (χ0n) is 36.3. The van der Waals surface area contributed by atoms with Crippen molar-refractivity contribution in [1.29, 1.82) is 0 Å². The van der Waals surface area contributed by atoms with Crippen LogP contribution in [0.2, 0.25) is 0 Å². The Hall–Kier alpha value is -7.49. The number of carbonyl (C=O) groups excluding carboxylic acids is 4. The summed E-state index contributed by atoms with van der Waals surface area (Å²) in [5, 5.41) is 5.65. The molecule has 4 amide bonds. The minimum atomic E-state index is -0.908. The Kier molecular flexibility index (Phi) is 11.0. The van der Waals surface area contributed by atoms with Crippen molar-refractivity contribution in [3.05, 3.63) is 125 Å². The summed E-state index contributed by atoms with van der Waals surface area (Å²) in [5.74, 6) is 1.93. The summed E-state index contributed by atoms with van der Waals surface area (Å²) in [5.41, 5.74) is 8.25. The van der Waals surface area contributed by atoms with Crippen molar-refractivity contribution in [3.63, 3.8) is 0 Å². The molecule has 0 radical (unpaired) electrons. The predicted molar refractivity (Wildman–Crippen MR) is 238 cm³/mol. The van der Waals surface area contributed by atoms with Gasteiger partial charge in [0.05, 0.1) is 43.0 Å². The minimum Gasteiger partial charge on any atom is -0.488 e. The molecule has 4 N–H and O–H groups in total. The highest BCUT2D eigenvalue weighted by atomic mass is 16.5. The van der Waals surface area contributed by atoms with Crippen molar-refractivity contribution in [2.24, 2.45) is 5.92 Å². The van der Waals surface area contributed by atoms with Gasteiger partial charge in [-0.05, 0) is 73.6 Å². The van der Waals surface area contributed by atoms with Gasteiger partial charge in [0.1, 0.15) is 54.1 Å². The van der Waals surface area contributed by atoms with Gasteiger partial charge >= 0.3 is 6.09 Å². The van der Waals surface area contributed by atoms with Crippen LogP contribution in [0.1, 0.15) is 96.5 Å². The third-order valence-corrected chi connectivity index (χ3v) is 12.8. The van der Waals surface area contributed by atoms with Crippen molar-refractivity contribution in [2.45, 2.75) is 76.9 Å².